The van der Waals surface area contributed by atoms with E-state index in [2.05, 4.69) is 6.92 Å². The van der Waals surface area contributed by atoms with E-state index in [1.165, 1.54) is 0 Å². The van der Waals surface area contributed by atoms with Crippen LogP contribution < -0.4 is 0 Å². The minimum absolute atomic E-state index is 0.627. The molecule has 0 heterocycles. The summed E-state index contributed by atoms with van der Waals surface area (Å²) < 4.78 is 2.52. The molecule has 33 heavy (non-hydrogen) atoms. The van der Waals surface area contributed by atoms with Gasteiger partial charge in [0, 0.05) is 14.2 Å². The fourth-order valence-corrected chi connectivity index (χ4v) is 24.9. The Kier molecular flexibility index (Phi) is 3.97. The van der Waals surface area contributed by atoms with Gasteiger partial charge < -0.3 is 0 Å². The Balaban J connectivity index is 1.27. The van der Waals surface area contributed by atoms with Crippen LogP contribution in [0, 0.1) is 53.3 Å². The number of rotatable bonds is 4. The van der Waals surface area contributed by atoms with E-state index in [-0.39, 0.29) is 0 Å². The highest BCUT2D eigenvalue weighted by atomic mass is 32.3. The lowest BCUT2D eigenvalue weighted by molar-refractivity contribution is 0.00386. The van der Waals surface area contributed by atoms with Gasteiger partial charge in [-0.2, -0.15) is 0 Å². The Hall–Kier alpha value is 0.350. The first-order valence-electron chi connectivity index (χ1n) is 15.8. The Labute approximate surface area is 205 Å². The molecule has 0 amide bonds. The van der Waals surface area contributed by atoms with Crippen molar-refractivity contribution >= 4 is 10.0 Å². The molecule has 0 atom stereocenters. The van der Waals surface area contributed by atoms with Crippen molar-refractivity contribution in [1.82, 2.24) is 0 Å². The molecule has 12 aliphatic rings. The van der Waals surface area contributed by atoms with Gasteiger partial charge in [0.05, 0.1) is 0 Å². The molecule has 0 radical (unpaired) electrons. The van der Waals surface area contributed by atoms with Crippen LogP contribution in [0.1, 0.15) is 122 Å². The lowest BCUT2D eigenvalue weighted by Gasteiger charge is -2.83. The molecule has 12 saturated carbocycles. The van der Waals surface area contributed by atoms with Gasteiger partial charge in [0.25, 0.3) is 0 Å². The van der Waals surface area contributed by atoms with Gasteiger partial charge in [-0.05, 0) is 175 Å². The molecule has 0 aromatic carbocycles. The van der Waals surface area contributed by atoms with Crippen LogP contribution in [0.5, 0.6) is 0 Å². The summed E-state index contributed by atoms with van der Waals surface area (Å²) in [5.41, 5.74) is 0. The normalized spacial score (nSPS) is 64.3. The Morgan fingerprint density at radius 1 is 0.394 bits per heavy atom. The monoisotopic (exact) mass is 466 g/mol. The average molecular weight is 467 g/mol. The Morgan fingerprint density at radius 2 is 0.576 bits per heavy atom. The third-order valence-corrected chi connectivity index (χ3v) is 21.4. The second kappa shape index (κ2) is 6.42. The molecule has 0 aromatic rings. The summed E-state index contributed by atoms with van der Waals surface area (Å²) in [6.07, 6.45) is 30.4. The molecular weight excluding hydrogens is 416 g/mol. The molecule has 12 fully saturated rings. The van der Waals surface area contributed by atoms with Crippen molar-refractivity contribution in [3.8, 4) is 0 Å². The predicted octanol–water partition coefficient (Wildman–Crippen LogP) is 8.72. The summed E-state index contributed by atoms with van der Waals surface area (Å²) in [4.78, 5) is 0. The van der Waals surface area contributed by atoms with E-state index in [9.17, 15) is 0 Å². The maximum Gasteiger partial charge on any atom is 0.00200 e. The number of hydrogen-bond acceptors (Lipinski definition) is 0. The molecule has 12 rings (SSSR count). The molecular formula is C32H50S. The third kappa shape index (κ3) is 2.40. The van der Waals surface area contributed by atoms with Gasteiger partial charge in [-0.15, -0.1) is 0 Å². The Bertz CT molecular complexity index is 637. The van der Waals surface area contributed by atoms with Crippen LogP contribution in [0.15, 0.2) is 0 Å². The standard InChI is InChI=1S/C32H50S/c1-2-33(30-12-21-3-22(13-30)5-23(4-21)14-30,31-15-24-6-25(16-31)8-26(7-24)17-31)32-18-27-9-28(19-32)11-29(10-27)20-32/h21-29H,2-20H2,1H3. The van der Waals surface area contributed by atoms with Gasteiger partial charge in [-0.25, -0.2) is 10.0 Å². The van der Waals surface area contributed by atoms with E-state index in [0.717, 1.165) is 67.5 Å². The zero-order chi connectivity index (χ0) is 21.6. The first-order chi connectivity index (χ1) is 16.0. The highest BCUT2D eigenvalue weighted by molar-refractivity contribution is 8.36. The summed E-state index contributed by atoms with van der Waals surface area (Å²) in [6, 6.07) is 0. The van der Waals surface area contributed by atoms with Crippen LogP contribution in [-0.4, -0.2) is 20.0 Å². The van der Waals surface area contributed by atoms with E-state index in [1.54, 1.807) is 121 Å². The van der Waals surface area contributed by atoms with Gasteiger partial charge in [0.2, 0.25) is 0 Å². The lowest BCUT2D eigenvalue weighted by Crippen LogP contribution is -2.70. The second-order valence-corrected chi connectivity index (χ2v) is 21.0. The lowest BCUT2D eigenvalue weighted by atomic mass is 9.55. The molecule has 0 unspecified atom stereocenters. The van der Waals surface area contributed by atoms with Crippen LogP contribution in [0.25, 0.3) is 0 Å². The molecule has 1 heteroatoms. The molecule has 0 aliphatic heterocycles. The van der Waals surface area contributed by atoms with E-state index in [1.807, 2.05) is 0 Å². The highest BCUT2D eigenvalue weighted by Crippen LogP contribution is 2.90. The highest BCUT2D eigenvalue weighted by Gasteiger charge is 2.73. The van der Waals surface area contributed by atoms with Crippen molar-refractivity contribution < 1.29 is 0 Å². The molecule has 0 N–H and O–H groups in total. The smallest absolute Gasteiger partial charge is 0.00200 e. The Morgan fingerprint density at radius 3 is 0.727 bits per heavy atom. The maximum absolute atomic E-state index is 2.82. The minimum atomic E-state index is -0.627. The fraction of sp³-hybridized carbons (Fsp3) is 1.00. The minimum Gasteiger partial charge on any atom is -0.224 e. The largest absolute Gasteiger partial charge is 0.224 e. The van der Waals surface area contributed by atoms with Crippen LogP contribution in [0.4, 0.5) is 0 Å². The molecule has 12 aliphatic carbocycles. The van der Waals surface area contributed by atoms with Crippen molar-refractivity contribution in [3.63, 3.8) is 0 Å². The van der Waals surface area contributed by atoms with Crippen LogP contribution >= 0.6 is 10.0 Å². The van der Waals surface area contributed by atoms with Gasteiger partial charge in [-0.1, -0.05) is 6.92 Å². The molecule has 0 aromatic heterocycles. The molecule has 12 bridgehead atoms. The summed E-state index contributed by atoms with van der Waals surface area (Å²) in [6.45, 7) is 2.82. The second-order valence-electron chi connectivity index (χ2n) is 16.3. The van der Waals surface area contributed by atoms with E-state index in [4.69, 9.17) is 0 Å². The topological polar surface area (TPSA) is 0 Å². The summed E-state index contributed by atoms with van der Waals surface area (Å²) in [5, 5.41) is 0. The fourth-order valence-electron chi connectivity index (χ4n) is 15.7. The summed E-state index contributed by atoms with van der Waals surface area (Å²) in [5.74, 6) is 12.0. The molecule has 0 spiro atoms. The first kappa shape index (κ1) is 20.4. The van der Waals surface area contributed by atoms with Gasteiger partial charge >= 0.3 is 0 Å². The third-order valence-electron chi connectivity index (χ3n) is 14.6. The maximum atomic E-state index is 2.82. The van der Waals surface area contributed by atoms with E-state index < -0.39 is 10.0 Å². The molecule has 0 nitrogen and oxygen atoms in total. The van der Waals surface area contributed by atoms with E-state index in [0.29, 0.717) is 0 Å². The number of hydrogen-bond donors (Lipinski definition) is 0. The van der Waals surface area contributed by atoms with Gasteiger partial charge in [0.15, 0.2) is 0 Å². The van der Waals surface area contributed by atoms with Crippen molar-refractivity contribution in [1.29, 1.82) is 0 Å². The molecule has 0 saturated heterocycles. The van der Waals surface area contributed by atoms with Crippen molar-refractivity contribution in [2.75, 3.05) is 5.75 Å². The SMILES string of the molecule is CCS(C12CC3CC(CC(C3)C1)C2)(C12CC3CC(CC(C3)C1)C2)C12CC3CC(CC(C3)C1)C2. The zero-order valence-electron chi connectivity index (χ0n) is 21.5. The zero-order valence-corrected chi connectivity index (χ0v) is 22.4. The van der Waals surface area contributed by atoms with Crippen LogP contribution in [0.2, 0.25) is 0 Å². The van der Waals surface area contributed by atoms with Crippen molar-refractivity contribution in [2.24, 2.45) is 53.3 Å². The average Bonchev–Trinajstić information content (AvgIpc) is 2.71. The predicted molar refractivity (Wildman–Crippen MR) is 141 cm³/mol. The van der Waals surface area contributed by atoms with Crippen molar-refractivity contribution in [2.45, 2.75) is 137 Å². The van der Waals surface area contributed by atoms with Crippen molar-refractivity contribution in [3.05, 3.63) is 0 Å². The molecule has 184 valence electrons. The summed E-state index contributed by atoms with van der Waals surface area (Å²) in [7, 11) is -0.627. The first-order valence-corrected chi connectivity index (χ1v) is 17.6. The van der Waals surface area contributed by atoms with E-state index >= 15 is 0 Å². The van der Waals surface area contributed by atoms with Gasteiger partial charge in [-0.3, -0.25) is 0 Å². The quantitative estimate of drug-likeness (QED) is 0.388. The summed E-state index contributed by atoms with van der Waals surface area (Å²) >= 11 is 0. The van der Waals surface area contributed by atoms with Crippen LogP contribution in [0.3, 0.4) is 0 Å². The van der Waals surface area contributed by atoms with Gasteiger partial charge in [0.1, 0.15) is 0 Å². The van der Waals surface area contributed by atoms with Crippen LogP contribution in [-0.2, 0) is 0 Å².